The van der Waals surface area contributed by atoms with Gasteiger partial charge in [-0.05, 0) is 44.9 Å². The van der Waals surface area contributed by atoms with E-state index in [0.29, 0.717) is 6.07 Å². The van der Waals surface area contributed by atoms with E-state index >= 15 is 0 Å². The SMILES string of the molecule is CC1(C)CCC(COc2ccc(F)cc2[B-](F)(F)F)O1. The first kappa shape index (κ1) is 15.2. The molecule has 1 saturated heterocycles. The number of hydrogen-bond donors (Lipinski definition) is 0. The first-order valence-corrected chi connectivity index (χ1v) is 6.47. The maximum atomic E-state index is 13.0. The highest BCUT2D eigenvalue weighted by atomic mass is 19.4. The highest BCUT2D eigenvalue weighted by molar-refractivity contribution is 6.74. The first-order valence-electron chi connectivity index (χ1n) is 6.47. The lowest BCUT2D eigenvalue weighted by atomic mass is 9.79. The molecule has 20 heavy (non-hydrogen) atoms. The Morgan fingerprint density at radius 3 is 2.60 bits per heavy atom. The molecule has 1 heterocycles. The van der Waals surface area contributed by atoms with Gasteiger partial charge in [-0.3, -0.25) is 0 Å². The van der Waals surface area contributed by atoms with Crippen molar-refractivity contribution in [2.75, 3.05) is 6.61 Å². The highest BCUT2D eigenvalue weighted by Gasteiger charge is 2.33. The Balaban J connectivity index is 2.07. The molecular weight excluding hydrogens is 275 g/mol. The molecule has 1 atom stereocenters. The number of ether oxygens (including phenoxy) is 2. The van der Waals surface area contributed by atoms with Crippen molar-refractivity contribution in [2.24, 2.45) is 0 Å². The summed E-state index contributed by atoms with van der Waals surface area (Å²) in [5.41, 5.74) is -1.31. The summed E-state index contributed by atoms with van der Waals surface area (Å²) in [7, 11) is 0. The average Bonchev–Trinajstić information content (AvgIpc) is 2.66. The summed E-state index contributed by atoms with van der Waals surface area (Å²) < 4.78 is 62.3. The van der Waals surface area contributed by atoms with Gasteiger partial charge in [-0.1, -0.05) is 5.46 Å². The van der Waals surface area contributed by atoms with Gasteiger partial charge in [0.25, 0.3) is 0 Å². The summed E-state index contributed by atoms with van der Waals surface area (Å²) in [4.78, 5) is 0. The van der Waals surface area contributed by atoms with Crippen LogP contribution in [-0.2, 0) is 4.74 Å². The minimum atomic E-state index is -5.31. The van der Waals surface area contributed by atoms with Crippen molar-refractivity contribution in [2.45, 2.75) is 38.4 Å². The maximum absolute atomic E-state index is 13.0. The second-order valence-electron chi connectivity index (χ2n) is 5.61. The summed E-state index contributed by atoms with van der Waals surface area (Å²) >= 11 is 0. The maximum Gasteiger partial charge on any atom is 0.513 e. The Kier molecular flexibility index (Phi) is 4.00. The first-order chi connectivity index (χ1) is 9.17. The lowest BCUT2D eigenvalue weighted by Gasteiger charge is -2.22. The van der Waals surface area contributed by atoms with Crippen LogP contribution in [0.2, 0.25) is 0 Å². The van der Waals surface area contributed by atoms with Crippen LogP contribution in [0.15, 0.2) is 18.2 Å². The Morgan fingerprint density at radius 1 is 1.35 bits per heavy atom. The molecule has 2 rings (SSSR count). The summed E-state index contributed by atoms with van der Waals surface area (Å²) in [5, 5.41) is 0. The Labute approximate surface area is 115 Å². The van der Waals surface area contributed by atoms with E-state index in [9.17, 15) is 17.3 Å². The molecule has 0 aliphatic carbocycles. The van der Waals surface area contributed by atoms with Crippen LogP contribution >= 0.6 is 0 Å². The van der Waals surface area contributed by atoms with E-state index in [1.165, 1.54) is 0 Å². The van der Waals surface area contributed by atoms with Crippen LogP contribution in [0.4, 0.5) is 17.3 Å². The van der Waals surface area contributed by atoms with Crippen LogP contribution in [0.1, 0.15) is 26.7 Å². The fourth-order valence-corrected chi connectivity index (χ4v) is 2.28. The van der Waals surface area contributed by atoms with Gasteiger partial charge in [0, 0.05) is 0 Å². The molecule has 1 aliphatic rings. The summed E-state index contributed by atoms with van der Waals surface area (Å²) in [6, 6.07) is 2.44. The molecule has 1 aromatic rings. The molecule has 0 spiro atoms. The van der Waals surface area contributed by atoms with Gasteiger partial charge in [0.1, 0.15) is 12.4 Å². The van der Waals surface area contributed by atoms with E-state index in [1.54, 1.807) is 0 Å². The molecule has 0 amide bonds. The van der Waals surface area contributed by atoms with Crippen molar-refractivity contribution in [1.29, 1.82) is 0 Å². The zero-order valence-electron chi connectivity index (χ0n) is 11.3. The second-order valence-corrected chi connectivity index (χ2v) is 5.61. The lowest BCUT2D eigenvalue weighted by molar-refractivity contribution is -0.0325. The van der Waals surface area contributed by atoms with Crippen molar-refractivity contribution < 1.29 is 26.8 Å². The molecule has 1 aliphatic heterocycles. The van der Waals surface area contributed by atoms with Gasteiger partial charge in [-0.15, -0.1) is 0 Å². The van der Waals surface area contributed by atoms with E-state index in [0.717, 1.165) is 25.0 Å². The molecule has 0 N–H and O–H groups in total. The second kappa shape index (κ2) is 5.28. The molecule has 0 bridgehead atoms. The smallest absolute Gasteiger partial charge is 0.494 e. The van der Waals surface area contributed by atoms with Crippen LogP contribution in [-0.4, -0.2) is 25.3 Å². The van der Waals surface area contributed by atoms with Crippen LogP contribution in [0, 0.1) is 5.82 Å². The molecule has 0 aromatic heterocycles. The third-order valence-corrected chi connectivity index (χ3v) is 3.30. The summed E-state index contributed by atoms with van der Waals surface area (Å²) in [6.07, 6.45) is 1.34. The van der Waals surface area contributed by atoms with E-state index in [-0.39, 0.29) is 24.1 Å². The van der Waals surface area contributed by atoms with Gasteiger partial charge in [-0.25, -0.2) is 4.39 Å². The lowest BCUT2D eigenvalue weighted by Crippen LogP contribution is -2.36. The van der Waals surface area contributed by atoms with Crippen molar-refractivity contribution in [3.8, 4) is 5.75 Å². The van der Waals surface area contributed by atoms with Gasteiger partial charge < -0.3 is 22.4 Å². The molecule has 0 saturated carbocycles. The predicted molar refractivity (Wildman–Crippen MR) is 68.8 cm³/mol. The number of halogens is 4. The Bertz CT molecular complexity index is 488. The Morgan fingerprint density at radius 2 is 2.05 bits per heavy atom. The van der Waals surface area contributed by atoms with Crippen molar-refractivity contribution >= 4 is 12.4 Å². The average molecular weight is 291 g/mol. The third kappa shape index (κ3) is 3.65. The van der Waals surface area contributed by atoms with E-state index in [2.05, 4.69) is 0 Å². The minimum Gasteiger partial charge on any atom is -0.494 e. The molecular formula is C13H16BF4O2-. The van der Waals surface area contributed by atoms with Crippen molar-refractivity contribution in [1.82, 2.24) is 0 Å². The molecule has 112 valence electrons. The minimum absolute atomic E-state index is 0.0359. The van der Waals surface area contributed by atoms with Gasteiger partial charge >= 0.3 is 6.98 Å². The Hall–Kier alpha value is -1.24. The van der Waals surface area contributed by atoms with Crippen molar-refractivity contribution in [3.05, 3.63) is 24.0 Å². The van der Waals surface area contributed by atoms with E-state index in [1.807, 2.05) is 13.8 Å². The van der Waals surface area contributed by atoms with Gasteiger partial charge in [0.2, 0.25) is 0 Å². The fourth-order valence-electron chi connectivity index (χ4n) is 2.28. The molecule has 1 aromatic carbocycles. The zero-order valence-corrected chi connectivity index (χ0v) is 11.3. The van der Waals surface area contributed by atoms with Gasteiger partial charge in [-0.2, -0.15) is 0 Å². The predicted octanol–water partition coefficient (Wildman–Crippen LogP) is 3.22. The number of hydrogen-bond acceptors (Lipinski definition) is 2. The summed E-state index contributed by atoms with van der Waals surface area (Å²) in [6.45, 7) is -1.42. The molecule has 0 radical (unpaired) electrons. The largest absolute Gasteiger partial charge is 0.513 e. The molecule has 2 nitrogen and oxygen atoms in total. The van der Waals surface area contributed by atoms with Crippen LogP contribution in [0.25, 0.3) is 0 Å². The summed E-state index contributed by atoms with van der Waals surface area (Å²) in [5.74, 6) is -1.27. The standard InChI is InChI=1S/C13H16BF4O2/c1-13(2)6-5-10(20-13)8-19-12-4-3-9(15)7-11(12)14(16,17)18/h3-4,7,10H,5-6,8H2,1-2H3/q-1. The van der Waals surface area contributed by atoms with Gasteiger partial charge in [0.15, 0.2) is 0 Å². The monoisotopic (exact) mass is 291 g/mol. The molecule has 1 fully saturated rings. The van der Waals surface area contributed by atoms with Gasteiger partial charge in [0.05, 0.1) is 17.5 Å². The van der Waals surface area contributed by atoms with E-state index < -0.39 is 18.3 Å². The highest BCUT2D eigenvalue weighted by Crippen LogP contribution is 2.29. The zero-order chi connectivity index (χ0) is 15.0. The van der Waals surface area contributed by atoms with Crippen LogP contribution in [0.3, 0.4) is 0 Å². The fraction of sp³-hybridized carbons (Fsp3) is 0.538. The topological polar surface area (TPSA) is 18.5 Å². The van der Waals surface area contributed by atoms with Crippen LogP contribution < -0.4 is 10.2 Å². The van der Waals surface area contributed by atoms with E-state index in [4.69, 9.17) is 9.47 Å². The molecule has 1 unspecified atom stereocenters. The third-order valence-electron chi connectivity index (χ3n) is 3.30. The normalized spacial score (nSPS) is 22.0. The van der Waals surface area contributed by atoms with Crippen LogP contribution in [0.5, 0.6) is 5.75 Å². The van der Waals surface area contributed by atoms with Crippen molar-refractivity contribution in [3.63, 3.8) is 0 Å². The number of benzene rings is 1. The number of rotatable bonds is 4. The molecule has 7 heteroatoms. The quantitative estimate of drug-likeness (QED) is 0.626.